The fraction of sp³-hybridized carbons (Fsp3) is 0.294. The van der Waals surface area contributed by atoms with Crippen LogP contribution in [0.25, 0.3) is 11.1 Å². The van der Waals surface area contributed by atoms with Gasteiger partial charge >= 0.3 is 0 Å². The van der Waals surface area contributed by atoms with Gasteiger partial charge in [0, 0.05) is 5.92 Å². The zero-order chi connectivity index (χ0) is 13.2. The van der Waals surface area contributed by atoms with Crippen LogP contribution in [0.3, 0.4) is 0 Å². The van der Waals surface area contributed by atoms with Gasteiger partial charge in [-0.3, -0.25) is 0 Å². The van der Waals surface area contributed by atoms with Crippen molar-refractivity contribution in [3.63, 3.8) is 0 Å². The van der Waals surface area contributed by atoms with E-state index in [4.69, 9.17) is 11.5 Å². The largest absolute Gasteiger partial charge is 0.330 e. The van der Waals surface area contributed by atoms with Crippen molar-refractivity contribution in [3.05, 3.63) is 59.7 Å². The van der Waals surface area contributed by atoms with Crippen LogP contribution in [0.1, 0.15) is 23.5 Å². The van der Waals surface area contributed by atoms with Gasteiger partial charge in [-0.15, -0.1) is 0 Å². The first-order valence-electron chi connectivity index (χ1n) is 6.95. The van der Waals surface area contributed by atoms with E-state index in [1.54, 1.807) is 0 Å². The second-order valence-corrected chi connectivity index (χ2v) is 5.23. The molecule has 0 heterocycles. The van der Waals surface area contributed by atoms with Crippen LogP contribution in [0.2, 0.25) is 0 Å². The van der Waals surface area contributed by atoms with Crippen LogP contribution in [0.5, 0.6) is 0 Å². The predicted molar refractivity (Wildman–Crippen MR) is 79.9 cm³/mol. The number of hydrogen-bond donors (Lipinski definition) is 2. The summed E-state index contributed by atoms with van der Waals surface area (Å²) in [5.74, 6) is 0.829. The van der Waals surface area contributed by atoms with Crippen molar-refractivity contribution in [1.29, 1.82) is 0 Å². The maximum absolute atomic E-state index is 6.00. The minimum Gasteiger partial charge on any atom is -0.330 e. The average Bonchev–Trinajstić information content (AvgIpc) is 2.80. The Kier molecular flexibility index (Phi) is 3.36. The number of nitrogens with two attached hydrogens (primary N) is 2. The van der Waals surface area contributed by atoms with Crippen molar-refractivity contribution in [3.8, 4) is 11.1 Å². The molecule has 0 aromatic heterocycles. The van der Waals surface area contributed by atoms with Crippen LogP contribution in [0, 0.1) is 5.92 Å². The summed E-state index contributed by atoms with van der Waals surface area (Å²) in [6.07, 6.45) is 0.976. The zero-order valence-corrected chi connectivity index (χ0v) is 11.0. The smallest absolute Gasteiger partial charge is 0.0142 e. The Morgan fingerprint density at radius 1 is 0.842 bits per heavy atom. The Hall–Kier alpha value is -1.64. The van der Waals surface area contributed by atoms with Crippen molar-refractivity contribution < 1.29 is 0 Å². The topological polar surface area (TPSA) is 52.0 Å². The molecule has 2 heteroatoms. The van der Waals surface area contributed by atoms with E-state index in [9.17, 15) is 0 Å². The Bertz CT molecular complexity index is 531. The molecular formula is C17H20N2. The molecule has 0 saturated heterocycles. The molecule has 4 N–H and O–H groups in total. The molecule has 2 aromatic rings. The van der Waals surface area contributed by atoms with Crippen molar-refractivity contribution in [2.24, 2.45) is 17.4 Å². The first kappa shape index (κ1) is 12.4. The monoisotopic (exact) mass is 252 g/mol. The first-order valence-corrected chi connectivity index (χ1v) is 6.95. The molecule has 3 rings (SSSR count). The Labute approximate surface area is 114 Å². The summed E-state index contributed by atoms with van der Waals surface area (Å²) in [4.78, 5) is 0. The second-order valence-electron chi connectivity index (χ2n) is 5.23. The molecule has 98 valence electrons. The van der Waals surface area contributed by atoms with E-state index in [2.05, 4.69) is 48.5 Å². The third-order valence-corrected chi connectivity index (χ3v) is 4.19. The maximum Gasteiger partial charge on any atom is 0.0142 e. The normalized spacial score (nSPS) is 15.1. The van der Waals surface area contributed by atoms with Crippen LogP contribution < -0.4 is 11.5 Å². The Balaban J connectivity index is 2.14. The highest BCUT2D eigenvalue weighted by Crippen LogP contribution is 2.48. The summed E-state index contributed by atoms with van der Waals surface area (Å²) in [7, 11) is 0. The van der Waals surface area contributed by atoms with Gasteiger partial charge in [0.1, 0.15) is 0 Å². The summed E-state index contributed by atoms with van der Waals surface area (Å²) in [5.41, 5.74) is 17.3. The molecular weight excluding hydrogens is 232 g/mol. The third kappa shape index (κ3) is 1.97. The van der Waals surface area contributed by atoms with Crippen LogP contribution in [0.4, 0.5) is 0 Å². The lowest BCUT2D eigenvalue weighted by Gasteiger charge is -2.23. The molecule has 1 unspecified atom stereocenters. The molecule has 0 fully saturated rings. The molecule has 19 heavy (non-hydrogen) atoms. The maximum atomic E-state index is 6.00. The van der Waals surface area contributed by atoms with E-state index in [0.717, 1.165) is 6.42 Å². The molecule has 1 atom stereocenters. The zero-order valence-electron chi connectivity index (χ0n) is 11.0. The highest BCUT2D eigenvalue weighted by Gasteiger charge is 2.32. The lowest BCUT2D eigenvalue weighted by molar-refractivity contribution is 0.455. The van der Waals surface area contributed by atoms with Crippen molar-refractivity contribution >= 4 is 0 Å². The summed E-state index contributed by atoms with van der Waals surface area (Å²) >= 11 is 0. The highest BCUT2D eigenvalue weighted by molar-refractivity contribution is 5.78. The van der Waals surface area contributed by atoms with Crippen LogP contribution in [-0.2, 0) is 0 Å². The quantitative estimate of drug-likeness (QED) is 0.879. The standard InChI is InChI=1S/C17H20N2/c18-10-9-12(11-19)17-15-7-3-1-5-13(15)14-6-2-4-8-16(14)17/h1-8,12,17H,9-11,18-19H2. The summed E-state index contributed by atoms with van der Waals surface area (Å²) in [5, 5.41) is 0. The van der Waals surface area contributed by atoms with Gasteiger partial charge < -0.3 is 11.5 Å². The summed E-state index contributed by atoms with van der Waals surface area (Å²) < 4.78 is 0. The molecule has 1 aliphatic carbocycles. The summed E-state index contributed by atoms with van der Waals surface area (Å²) in [6, 6.07) is 17.4. The van der Waals surface area contributed by atoms with Crippen LogP contribution in [0.15, 0.2) is 48.5 Å². The Morgan fingerprint density at radius 2 is 1.37 bits per heavy atom. The average molecular weight is 252 g/mol. The van der Waals surface area contributed by atoms with E-state index < -0.39 is 0 Å². The van der Waals surface area contributed by atoms with Crippen molar-refractivity contribution in [1.82, 2.24) is 0 Å². The fourth-order valence-electron chi connectivity index (χ4n) is 3.34. The van der Waals surface area contributed by atoms with E-state index in [1.165, 1.54) is 22.3 Å². The van der Waals surface area contributed by atoms with Gasteiger partial charge in [-0.05, 0) is 47.7 Å². The first-order chi connectivity index (χ1) is 9.36. The minimum atomic E-state index is 0.404. The van der Waals surface area contributed by atoms with Crippen molar-refractivity contribution in [2.45, 2.75) is 12.3 Å². The third-order valence-electron chi connectivity index (χ3n) is 4.19. The number of hydrogen-bond acceptors (Lipinski definition) is 2. The molecule has 0 amide bonds. The van der Waals surface area contributed by atoms with Gasteiger partial charge in [0.15, 0.2) is 0 Å². The second kappa shape index (κ2) is 5.16. The van der Waals surface area contributed by atoms with Crippen LogP contribution in [-0.4, -0.2) is 13.1 Å². The number of rotatable bonds is 4. The number of fused-ring (bicyclic) bond motifs is 3. The SMILES string of the molecule is NCCC(CN)C1c2ccccc2-c2ccccc21. The fourth-order valence-corrected chi connectivity index (χ4v) is 3.34. The van der Waals surface area contributed by atoms with Crippen molar-refractivity contribution in [2.75, 3.05) is 13.1 Å². The van der Waals surface area contributed by atoms with Gasteiger partial charge in [-0.2, -0.15) is 0 Å². The molecule has 2 aromatic carbocycles. The molecule has 1 aliphatic rings. The van der Waals surface area contributed by atoms with Gasteiger partial charge in [0.2, 0.25) is 0 Å². The van der Waals surface area contributed by atoms with Gasteiger partial charge in [0.05, 0.1) is 0 Å². The molecule has 2 nitrogen and oxygen atoms in total. The van der Waals surface area contributed by atoms with Gasteiger partial charge in [-0.1, -0.05) is 48.5 Å². The molecule has 0 spiro atoms. The van der Waals surface area contributed by atoms with Gasteiger partial charge in [0.25, 0.3) is 0 Å². The van der Waals surface area contributed by atoms with E-state index in [1.807, 2.05) is 0 Å². The molecule has 0 radical (unpaired) electrons. The summed E-state index contributed by atoms with van der Waals surface area (Å²) in [6.45, 7) is 1.38. The van der Waals surface area contributed by atoms with E-state index in [0.29, 0.717) is 24.9 Å². The van der Waals surface area contributed by atoms with E-state index >= 15 is 0 Å². The molecule has 0 bridgehead atoms. The Morgan fingerprint density at radius 3 is 1.84 bits per heavy atom. The lowest BCUT2D eigenvalue weighted by Crippen LogP contribution is -2.24. The molecule has 0 aliphatic heterocycles. The van der Waals surface area contributed by atoms with Crippen LogP contribution >= 0.6 is 0 Å². The van der Waals surface area contributed by atoms with Gasteiger partial charge in [-0.25, -0.2) is 0 Å². The van der Waals surface area contributed by atoms with E-state index in [-0.39, 0.29) is 0 Å². The lowest BCUT2D eigenvalue weighted by atomic mass is 9.82. The number of benzene rings is 2. The predicted octanol–water partition coefficient (Wildman–Crippen LogP) is 2.72. The molecule has 0 saturated carbocycles. The highest BCUT2D eigenvalue weighted by atomic mass is 14.6. The minimum absolute atomic E-state index is 0.404.